The summed E-state index contributed by atoms with van der Waals surface area (Å²) in [7, 11) is -1.44. The highest BCUT2D eigenvalue weighted by Crippen LogP contribution is 2.25. The summed E-state index contributed by atoms with van der Waals surface area (Å²) in [6, 6.07) is 6.40. The molecular formula is C17H29IN4O3S. The highest BCUT2D eigenvalue weighted by molar-refractivity contribution is 14.0. The summed E-state index contributed by atoms with van der Waals surface area (Å²) in [6.07, 6.45) is 1.15. The summed E-state index contributed by atoms with van der Waals surface area (Å²) in [5, 5.41) is 3.20. The third-order valence-corrected chi connectivity index (χ3v) is 4.85. The van der Waals surface area contributed by atoms with E-state index in [1.807, 2.05) is 0 Å². The minimum absolute atomic E-state index is 0. The van der Waals surface area contributed by atoms with E-state index in [9.17, 15) is 8.42 Å². The molecule has 0 bridgehead atoms. The summed E-state index contributed by atoms with van der Waals surface area (Å²) in [4.78, 5) is 6.46. The van der Waals surface area contributed by atoms with E-state index in [4.69, 9.17) is 4.74 Å². The largest absolute Gasteiger partial charge is 0.370 e. The Bertz CT molecular complexity index is 725. The van der Waals surface area contributed by atoms with Gasteiger partial charge in [-0.1, -0.05) is 23.8 Å². The van der Waals surface area contributed by atoms with E-state index in [0.29, 0.717) is 26.2 Å². The monoisotopic (exact) mass is 496 g/mol. The van der Waals surface area contributed by atoms with Crippen LogP contribution in [0.15, 0.2) is 23.2 Å². The Morgan fingerprint density at radius 3 is 2.69 bits per heavy atom. The number of rotatable bonds is 5. The van der Waals surface area contributed by atoms with Crippen molar-refractivity contribution in [2.24, 2.45) is 4.99 Å². The fraction of sp³-hybridized carbons (Fsp3) is 0.588. The first-order valence-corrected chi connectivity index (χ1v) is 10.3. The van der Waals surface area contributed by atoms with Gasteiger partial charge in [-0.2, -0.15) is 0 Å². The number of hydrogen-bond donors (Lipinski definition) is 2. The van der Waals surface area contributed by atoms with E-state index in [0.717, 1.165) is 18.8 Å². The number of ether oxygens (including phenoxy) is 1. The van der Waals surface area contributed by atoms with Gasteiger partial charge in [-0.25, -0.2) is 13.1 Å². The molecule has 26 heavy (non-hydrogen) atoms. The third-order valence-electron chi connectivity index (χ3n) is 4.12. The van der Waals surface area contributed by atoms with Crippen molar-refractivity contribution in [3.8, 4) is 0 Å². The number of aryl methyl sites for hydroxylation is 2. The van der Waals surface area contributed by atoms with Gasteiger partial charge in [0.15, 0.2) is 5.96 Å². The van der Waals surface area contributed by atoms with Crippen molar-refractivity contribution >= 4 is 40.0 Å². The molecule has 0 aromatic heterocycles. The number of hydrogen-bond acceptors (Lipinski definition) is 4. The predicted molar refractivity (Wildman–Crippen MR) is 116 cm³/mol. The quantitative estimate of drug-likeness (QED) is 0.279. The Hall–Kier alpha value is -0.910. The molecule has 0 saturated carbocycles. The molecule has 1 unspecified atom stereocenters. The number of guanidine groups is 1. The first kappa shape index (κ1) is 23.1. The molecule has 0 amide bonds. The second kappa shape index (κ2) is 10.4. The molecule has 2 N–H and O–H groups in total. The molecular weight excluding hydrogens is 467 g/mol. The van der Waals surface area contributed by atoms with Crippen molar-refractivity contribution < 1.29 is 13.2 Å². The van der Waals surface area contributed by atoms with Crippen molar-refractivity contribution in [2.75, 3.05) is 46.1 Å². The Labute approximate surface area is 173 Å². The van der Waals surface area contributed by atoms with Gasteiger partial charge < -0.3 is 15.0 Å². The van der Waals surface area contributed by atoms with E-state index in [1.54, 1.807) is 7.05 Å². The number of aliphatic imine (C=N–C) groups is 1. The first-order valence-electron chi connectivity index (χ1n) is 8.39. The average molecular weight is 496 g/mol. The molecule has 1 fully saturated rings. The van der Waals surface area contributed by atoms with Crippen LogP contribution in [0.3, 0.4) is 0 Å². The van der Waals surface area contributed by atoms with Crippen LogP contribution in [0.5, 0.6) is 0 Å². The zero-order chi connectivity index (χ0) is 18.4. The fourth-order valence-electron chi connectivity index (χ4n) is 2.96. The highest BCUT2D eigenvalue weighted by Gasteiger charge is 2.25. The van der Waals surface area contributed by atoms with Crippen molar-refractivity contribution in [1.29, 1.82) is 0 Å². The number of nitrogens with zero attached hydrogens (tertiary/aromatic N) is 2. The summed E-state index contributed by atoms with van der Waals surface area (Å²) < 4.78 is 30.6. The van der Waals surface area contributed by atoms with Gasteiger partial charge in [-0.15, -0.1) is 24.0 Å². The molecule has 0 radical (unpaired) electrons. The SMILES string of the molecule is CN=C(NCCNS(C)(=O)=O)N1CCOC(c2ccc(C)cc2C)C1.I. The van der Waals surface area contributed by atoms with Crippen LogP contribution in [-0.4, -0.2) is 65.4 Å². The Morgan fingerprint density at radius 2 is 2.08 bits per heavy atom. The lowest BCUT2D eigenvalue weighted by Gasteiger charge is -2.35. The third kappa shape index (κ3) is 7.01. The minimum atomic E-state index is -3.17. The van der Waals surface area contributed by atoms with Crippen molar-refractivity contribution in [3.63, 3.8) is 0 Å². The molecule has 0 spiro atoms. The maximum absolute atomic E-state index is 11.1. The Morgan fingerprint density at radius 1 is 1.35 bits per heavy atom. The predicted octanol–water partition coefficient (Wildman–Crippen LogP) is 1.42. The van der Waals surface area contributed by atoms with Gasteiger partial charge in [-0.05, 0) is 25.0 Å². The molecule has 148 valence electrons. The van der Waals surface area contributed by atoms with Crippen molar-refractivity contribution in [2.45, 2.75) is 20.0 Å². The van der Waals surface area contributed by atoms with E-state index >= 15 is 0 Å². The lowest BCUT2D eigenvalue weighted by molar-refractivity contribution is -0.00829. The van der Waals surface area contributed by atoms with Crippen LogP contribution in [0.1, 0.15) is 22.8 Å². The number of sulfonamides is 1. The summed E-state index contributed by atoms with van der Waals surface area (Å²) in [6.45, 7) is 7.08. The highest BCUT2D eigenvalue weighted by atomic mass is 127. The minimum Gasteiger partial charge on any atom is -0.370 e. The van der Waals surface area contributed by atoms with Gasteiger partial charge in [0.1, 0.15) is 6.10 Å². The molecule has 1 aromatic carbocycles. The fourth-order valence-corrected chi connectivity index (χ4v) is 3.43. The van der Waals surface area contributed by atoms with Crippen LogP contribution in [0.2, 0.25) is 0 Å². The topological polar surface area (TPSA) is 83.0 Å². The Kier molecular flexibility index (Phi) is 9.28. The molecule has 9 heteroatoms. The molecule has 1 heterocycles. The molecule has 7 nitrogen and oxygen atoms in total. The van der Waals surface area contributed by atoms with Crippen LogP contribution < -0.4 is 10.0 Å². The van der Waals surface area contributed by atoms with E-state index in [-0.39, 0.29) is 30.1 Å². The Balaban J connectivity index is 0.00000338. The maximum Gasteiger partial charge on any atom is 0.208 e. The standard InChI is InChI=1S/C17H28N4O3S.HI/c1-13-5-6-15(14(2)11-13)16-12-21(9-10-24-16)17(18-3)19-7-8-20-25(4,22)23;/h5-6,11,16,20H,7-10,12H2,1-4H3,(H,18,19);1H. The molecule has 1 aliphatic heterocycles. The van der Waals surface area contributed by atoms with E-state index in [1.165, 1.54) is 16.7 Å². The first-order chi connectivity index (χ1) is 11.8. The number of benzene rings is 1. The number of nitrogens with one attached hydrogen (secondary N) is 2. The molecule has 1 aliphatic rings. The molecule has 2 rings (SSSR count). The van der Waals surface area contributed by atoms with Gasteiger partial charge in [0.2, 0.25) is 10.0 Å². The van der Waals surface area contributed by atoms with Crippen molar-refractivity contribution in [3.05, 3.63) is 34.9 Å². The molecule has 1 aromatic rings. The van der Waals surface area contributed by atoms with Gasteiger partial charge >= 0.3 is 0 Å². The van der Waals surface area contributed by atoms with Gasteiger partial charge in [0, 0.05) is 26.7 Å². The van der Waals surface area contributed by atoms with Crippen LogP contribution in [-0.2, 0) is 14.8 Å². The molecule has 1 saturated heterocycles. The van der Waals surface area contributed by atoms with Crippen LogP contribution in [0.4, 0.5) is 0 Å². The normalized spacial score (nSPS) is 18.4. The smallest absolute Gasteiger partial charge is 0.208 e. The average Bonchev–Trinajstić information content (AvgIpc) is 2.54. The van der Waals surface area contributed by atoms with Gasteiger partial charge in [0.05, 0.1) is 19.4 Å². The van der Waals surface area contributed by atoms with Gasteiger partial charge in [0.25, 0.3) is 0 Å². The zero-order valence-electron chi connectivity index (χ0n) is 15.8. The van der Waals surface area contributed by atoms with E-state index in [2.05, 4.69) is 52.0 Å². The lowest BCUT2D eigenvalue weighted by Crippen LogP contribution is -2.49. The van der Waals surface area contributed by atoms with Gasteiger partial charge in [-0.3, -0.25) is 4.99 Å². The summed E-state index contributed by atoms with van der Waals surface area (Å²) in [5.41, 5.74) is 3.67. The molecule has 0 aliphatic carbocycles. The second-order valence-electron chi connectivity index (χ2n) is 6.31. The number of halogens is 1. The zero-order valence-corrected chi connectivity index (χ0v) is 18.9. The van der Waals surface area contributed by atoms with Crippen LogP contribution in [0, 0.1) is 13.8 Å². The maximum atomic E-state index is 11.1. The lowest BCUT2D eigenvalue weighted by atomic mass is 10.00. The van der Waals surface area contributed by atoms with Crippen molar-refractivity contribution in [1.82, 2.24) is 14.9 Å². The van der Waals surface area contributed by atoms with Crippen LogP contribution in [0.25, 0.3) is 0 Å². The summed E-state index contributed by atoms with van der Waals surface area (Å²) >= 11 is 0. The second-order valence-corrected chi connectivity index (χ2v) is 8.14. The number of morpholine rings is 1. The van der Waals surface area contributed by atoms with Crippen LogP contribution >= 0.6 is 24.0 Å². The summed E-state index contributed by atoms with van der Waals surface area (Å²) in [5.74, 6) is 0.758. The van der Waals surface area contributed by atoms with E-state index < -0.39 is 10.0 Å². The molecule has 1 atom stereocenters.